The van der Waals surface area contributed by atoms with Crippen LogP contribution in [-0.2, 0) is 0 Å². The second-order valence-electron chi connectivity index (χ2n) is 4.39. The Morgan fingerprint density at radius 2 is 1.73 bits per heavy atom. The lowest BCUT2D eigenvalue weighted by molar-refractivity contribution is 1.08. The molecule has 0 amide bonds. The number of benzene rings is 1. The van der Waals surface area contributed by atoms with Crippen LogP contribution < -0.4 is 5.30 Å². The van der Waals surface area contributed by atoms with E-state index in [9.17, 15) is 0 Å². The highest BCUT2D eigenvalue weighted by atomic mass is 31.1. The van der Waals surface area contributed by atoms with Crippen molar-refractivity contribution >= 4 is 19.9 Å². The lowest BCUT2D eigenvalue weighted by atomic mass is 10.3. The van der Waals surface area contributed by atoms with E-state index in [0.29, 0.717) is 0 Å². The van der Waals surface area contributed by atoms with Crippen LogP contribution in [0.5, 0.6) is 0 Å². The van der Waals surface area contributed by atoms with Gasteiger partial charge in [0.1, 0.15) is 0 Å². The molecule has 0 aliphatic carbocycles. The van der Waals surface area contributed by atoms with E-state index in [4.69, 9.17) is 0 Å². The van der Waals surface area contributed by atoms with Gasteiger partial charge in [-0.3, -0.25) is 4.99 Å². The van der Waals surface area contributed by atoms with Crippen LogP contribution in [0.15, 0.2) is 83.8 Å². The molecule has 0 aliphatic rings. The van der Waals surface area contributed by atoms with Crippen LogP contribution in [-0.4, -0.2) is 12.9 Å². The summed E-state index contributed by atoms with van der Waals surface area (Å²) in [5.41, 5.74) is 1.09. The van der Waals surface area contributed by atoms with Gasteiger partial charge in [0.05, 0.1) is 0 Å². The molecule has 0 radical (unpaired) electrons. The average molecular weight is 313 g/mol. The van der Waals surface area contributed by atoms with E-state index in [1.165, 1.54) is 10.6 Å². The van der Waals surface area contributed by atoms with Crippen molar-refractivity contribution in [2.75, 3.05) is 6.16 Å². The summed E-state index contributed by atoms with van der Waals surface area (Å²) in [5, 5.41) is 2.85. The Kier molecular flexibility index (Phi) is 12.0. The van der Waals surface area contributed by atoms with Crippen molar-refractivity contribution in [2.24, 2.45) is 4.99 Å². The average Bonchev–Trinajstić information content (AvgIpc) is 2.60. The molecule has 0 aromatic heterocycles. The van der Waals surface area contributed by atoms with Crippen molar-refractivity contribution in [3.63, 3.8) is 0 Å². The molecule has 0 saturated heterocycles. The molecule has 118 valence electrons. The summed E-state index contributed by atoms with van der Waals surface area (Å²) in [6, 6.07) is 10.8. The first-order chi connectivity index (χ1) is 10.8. The zero-order valence-electron chi connectivity index (χ0n) is 14.1. The molecular weight excluding hydrogens is 285 g/mol. The highest BCUT2D eigenvalue weighted by Crippen LogP contribution is 2.45. The first kappa shape index (κ1) is 20.3. The summed E-state index contributed by atoms with van der Waals surface area (Å²) < 4.78 is 0. The summed E-state index contributed by atoms with van der Waals surface area (Å²) in [5.74, 6) is 0. The monoisotopic (exact) mass is 313 g/mol. The molecule has 2 heteroatoms. The van der Waals surface area contributed by atoms with Gasteiger partial charge in [-0.1, -0.05) is 54.6 Å². The van der Waals surface area contributed by atoms with Gasteiger partial charge < -0.3 is 0 Å². The second kappa shape index (κ2) is 13.0. The van der Waals surface area contributed by atoms with Gasteiger partial charge in [0, 0.05) is 5.70 Å². The Balaban J connectivity index is 0.00000211. The first-order valence-corrected chi connectivity index (χ1v) is 9.03. The van der Waals surface area contributed by atoms with Crippen LogP contribution in [0.25, 0.3) is 0 Å². The minimum atomic E-state index is -0.323. The maximum absolute atomic E-state index is 4.09. The molecule has 0 N–H and O–H groups in total. The molecule has 0 bridgehead atoms. The SMILES string of the molecule is C=C.C=N/C(=C\C)CCP(C(/C=C\C)=C/C)c1ccccc1. The largest absolute Gasteiger partial charge is 0.269 e. The quantitative estimate of drug-likeness (QED) is 0.251. The maximum Gasteiger partial charge on any atom is 0.0357 e. The molecule has 0 saturated carbocycles. The number of hydrogen-bond donors (Lipinski definition) is 0. The van der Waals surface area contributed by atoms with Crippen LogP contribution >= 0.6 is 7.92 Å². The first-order valence-electron chi connectivity index (χ1n) is 7.50. The zero-order valence-corrected chi connectivity index (χ0v) is 15.0. The third-order valence-corrected chi connectivity index (χ3v) is 5.76. The summed E-state index contributed by atoms with van der Waals surface area (Å²) in [7, 11) is -0.323. The topological polar surface area (TPSA) is 12.4 Å². The Morgan fingerprint density at radius 3 is 2.18 bits per heavy atom. The standard InChI is InChI=1S/C18H24NP.C2H4/c1-5-11-17(7-3)20(15-14-16(6-2)19-4)18-12-9-8-10-13-18;1-2/h5-13H,4,14-15H2,1-3H3;1-2H2/b11-5-,16-6-,17-7+;. The maximum atomic E-state index is 4.09. The highest BCUT2D eigenvalue weighted by molar-refractivity contribution is 7.69. The lowest BCUT2D eigenvalue weighted by Crippen LogP contribution is -2.04. The minimum Gasteiger partial charge on any atom is -0.269 e. The van der Waals surface area contributed by atoms with Gasteiger partial charge in [0.25, 0.3) is 0 Å². The van der Waals surface area contributed by atoms with Gasteiger partial charge in [-0.25, -0.2) is 0 Å². The van der Waals surface area contributed by atoms with Crippen LogP contribution in [0.2, 0.25) is 0 Å². The van der Waals surface area contributed by atoms with Gasteiger partial charge in [0.2, 0.25) is 0 Å². The van der Waals surface area contributed by atoms with Crippen molar-refractivity contribution in [1.82, 2.24) is 0 Å². The van der Waals surface area contributed by atoms with Gasteiger partial charge in [-0.05, 0) is 58.6 Å². The van der Waals surface area contributed by atoms with E-state index in [2.05, 4.69) is 93.4 Å². The normalized spacial score (nSPS) is 13.4. The van der Waals surface area contributed by atoms with E-state index < -0.39 is 0 Å². The Hall–Kier alpha value is -1.72. The van der Waals surface area contributed by atoms with Crippen molar-refractivity contribution < 1.29 is 0 Å². The molecule has 1 unspecified atom stereocenters. The second-order valence-corrected chi connectivity index (χ2v) is 6.72. The Labute approximate surface area is 137 Å². The van der Waals surface area contributed by atoms with E-state index in [-0.39, 0.29) is 7.92 Å². The molecule has 1 rings (SSSR count). The summed E-state index contributed by atoms with van der Waals surface area (Å²) in [6.07, 6.45) is 10.7. The van der Waals surface area contributed by atoms with Gasteiger partial charge in [0.15, 0.2) is 0 Å². The molecular formula is C20H28NP. The molecule has 0 fully saturated rings. The van der Waals surface area contributed by atoms with Gasteiger partial charge in [-0.15, -0.1) is 13.2 Å². The molecule has 0 heterocycles. The minimum absolute atomic E-state index is 0.323. The van der Waals surface area contributed by atoms with E-state index in [1.54, 1.807) is 0 Å². The predicted octanol–water partition coefficient (Wildman–Crippen LogP) is 6.07. The molecule has 1 aromatic carbocycles. The molecule has 22 heavy (non-hydrogen) atoms. The number of allylic oxidation sites excluding steroid dienone is 6. The fourth-order valence-corrected chi connectivity index (χ4v) is 4.51. The fourth-order valence-electron chi connectivity index (χ4n) is 2.07. The molecule has 0 spiro atoms. The van der Waals surface area contributed by atoms with Crippen molar-refractivity contribution in [3.05, 3.63) is 78.8 Å². The summed E-state index contributed by atoms with van der Waals surface area (Å²) in [4.78, 5) is 4.09. The van der Waals surface area contributed by atoms with E-state index >= 15 is 0 Å². The van der Waals surface area contributed by atoms with Crippen LogP contribution in [0.1, 0.15) is 27.2 Å². The van der Waals surface area contributed by atoms with Crippen molar-refractivity contribution in [2.45, 2.75) is 27.2 Å². The lowest BCUT2D eigenvalue weighted by Gasteiger charge is -2.19. The van der Waals surface area contributed by atoms with Gasteiger partial charge in [-0.2, -0.15) is 0 Å². The van der Waals surface area contributed by atoms with Crippen LogP contribution in [0.4, 0.5) is 0 Å². The highest BCUT2D eigenvalue weighted by Gasteiger charge is 2.14. The van der Waals surface area contributed by atoms with Crippen molar-refractivity contribution in [3.8, 4) is 0 Å². The third-order valence-electron chi connectivity index (χ3n) is 3.14. The Bertz CT molecular complexity index is 512. The number of rotatable bonds is 7. The molecule has 1 aromatic rings. The Morgan fingerprint density at radius 1 is 1.09 bits per heavy atom. The smallest absolute Gasteiger partial charge is 0.0357 e. The van der Waals surface area contributed by atoms with Gasteiger partial charge >= 0.3 is 0 Å². The number of aliphatic imine (C=N–C) groups is 1. The molecule has 0 aliphatic heterocycles. The molecule has 1 atom stereocenters. The third kappa shape index (κ3) is 6.83. The zero-order chi connectivity index (χ0) is 16.8. The van der Waals surface area contributed by atoms with E-state index in [0.717, 1.165) is 18.3 Å². The summed E-state index contributed by atoms with van der Waals surface area (Å²) in [6.45, 7) is 15.9. The van der Waals surface area contributed by atoms with Crippen molar-refractivity contribution in [1.29, 1.82) is 0 Å². The van der Waals surface area contributed by atoms with Crippen LogP contribution in [0, 0.1) is 0 Å². The fraction of sp³-hybridized carbons (Fsp3) is 0.250. The summed E-state index contributed by atoms with van der Waals surface area (Å²) >= 11 is 0. The van der Waals surface area contributed by atoms with Crippen LogP contribution in [0.3, 0.4) is 0 Å². The number of hydrogen-bond acceptors (Lipinski definition) is 1. The molecule has 1 nitrogen and oxygen atoms in total. The predicted molar refractivity (Wildman–Crippen MR) is 106 cm³/mol. The number of nitrogens with zero attached hydrogens (tertiary/aromatic N) is 1. The van der Waals surface area contributed by atoms with E-state index in [1.807, 2.05) is 6.92 Å².